The summed E-state index contributed by atoms with van der Waals surface area (Å²) in [6, 6.07) is 0. The van der Waals surface area contributed by atoms with Crippen molar-refractivity contribution < 1.29 is 9.59 Å². The van der Waals surface area contributed by atoms with Crippen LogP contribution in [0.3, 0.4) is 0 Å². The Morgan fingerprint density at radius 1 is 1.12 bits per heavy atom. The standard InChI is InChI=1S/C18H28N4O2/c1-13(2)8-9-19-17(23)15-14-7-3-4-12-22(14)16(20-15)18(24)21-10-5-6-11-21/h13H,3-12H2,1-2H3,(H,19,23). The Balaban J connectivity index is 1.81. The van der Waals surface area contributed by atoms with Crippen LogP contribution in [0.5, 0.6) is 0 Å². The Morgan fingerprint density at radius 2 is 1.83 bits per heavy atom. The second-order valence-electron chi connectivity index (χ2n) is 7.28. The first-order valence-corrected chi connectivity index (χ1v) is 9.25. The molecule has 6 heteroatoms. The molecule has 0 aliphatic carbocycles. The van der Waals surface area contributed by atoms with Crippen molar-refractivity contribution in [2.45, 2.75) is 58.9 Å². The van der Waals surface area contributed by atoms with E-state index in [0.29, 0.717) is 24.0 Å². The van der Waals surface area contributed by atoms with Crippen LogP contribution in [0.15, 0.2) is 0 Å². The van der Waals surface area contributed by atoms with Gasteiger partial charge >= 0.3 is 0 Å². The van der Waals surface area contributed by atoms with Crippen LogP contribution in [-0.2, 0) is 13.0 Å². The number of rotatable bonds is 5. The van der Waals surface area contributed by atoms with Crippen molar-refractivity contribution in [1.82, 2.24) is 19.8 Å². The maximum Gasteiger partial charge on any atom is 0.289 e. The number of hydrogen-bond donors (Lipinski definition) is 1. The van der Waals surface area contributed by atoms with Crippen LogP contribution in [0.1, 0.15) is 72.8 Å². The summed E-state index contributed by atoms with van der Waals surface area (Å²) < 4.78 is 1.99. The van der Waals surface area contributed by atoms with E-state index in [1.165, 1.54) is 0 Å². The van der Waals surface area contributed by atoms with Crippen LogP contribution >= 0.6 is 0 Å². The molecule has 0 radical (unpaired) electrons. The third kappa shape index (κ3) is 3.47. The number of aromatic nitrogens is 2. The highest BCUT2D eigenvalue weighted by atomic mass is 16.2. The molecule has 0 bridgehead atoms. The molecule has 0 saturated carbocycles. The highest BCUT2D eigenvalue weighted by Crippen LogP contribution is 2.23. The van der Waals surface area contributed by atoms with Crippen molar-refractivity contribution >= 4 is 11.8 Å². The topological polar surface area (TPSA) is 67.2 Å². The van der Waals surface area contributed by atoms with Crippen LogP contribution < -0.4 is 5.32 Å². The van der Waals surface area contributed by atoms with E-state index in [1.54, 1.807) is 0 Å². The fourth-order valence-corrected chi connectivity index (χ4v) is 3.51. The lowest BCUT2D eigenvalue weighted by molar-refractivity contribution is 0.0774. The third-order valence-corrected chi connectivity index (χ3v) is 4.92. The normalized spacial score (nSPS) is 17.2. The highest BCUT2D eigenvalue weighted by Gasteiger charge is 2.30. The Bertz CT molecular complexity index is 615. The van der Waals surface area contributed by atoms with E-state index < -0.39 is 0 Å². The average molecular weight is 332 g/mol. The van der Waals surface area contributed by atoms with E-state index in [9.17, 15) is 9.59 Å². The molecule has 1 saturated heterocycles. The summed E-state index contributed by atoms with van der Waals surface area (Å²) in [5.74, 6) is 0.854. The Labute approximate surface area is 143 Å². The summed E-state index contributed by atoms with van der Waals surface area (Å²) in [6.07, 6.45) is 5.98. The van der Waals surface area contributed by atoms with Crippen molar-refractivity contribution in [3.05, 3.63) is 17.2 Å². The Morgan fingerprint density at radius 3 is 2.54 bits per heavy atom. The number of nitrogens with zero attached hydrogens (tertiary/aromatic N) is 3. The molecule has 3 rings (SSSR count). The largest absolute Gasteiger partial charge is 0.351 e. The molecule has 0 atom stereocenters. The maximum absolute atomic E-state index is 12.8. The van der Waals surface area contributed by atoms with Gasteiger partial charge in [-0.25, -0.2) is 4.98 Å². The molecule has 1 fully saturated rings. The molecule has 132 valence electrons. The van der Waals surface area contributed by atoms with E-state index in [4.69, 9.17) is 0 Å². The number of carbonyl (C=O) groups is 2. The second-order valence-corrected chi connectivity index (χ2v) is 7.28. The molecule has 24 heavy (non-hydrogen) atoms. The van der Waals surface area contributed by atoms with Crippen LogP contribution in [0.4, 0.5) is 0 Å². The van der Waals surface area contributed by atoms with E-state index in [1.807, 2.05) is 9.47 Å². The summed E-state index contributed by atoms with van der Waals surface area (Å²) >= 11 is 0. The predicted molar refractivity (Wildman–Crippen MR) is 92.1 cm³/mol. The molecule has 2 aliphatic rings. The zero-order valence-electron chi connectivity index (χ0n) is 14.8. The lowest BCUT2D eigenvalue weighted by Gasteiger charge is -2.19. The lowest BCUT2D eigenvalue weighted by atomic mass is 10.1. The van der Waals surface area contributed by atoms with Crippen molar-refractivity contribution in [2.75, 3.05) is 19.6 Å². The van der Waals surface area contributed by atoms with Gasteiger partial charge in [-0.3, -0.25) is 9.59 Å². The Kier molecular flexibility index (Phi) is 5.21. The number of nitrogens with one attached hydrogen (secondary N) is 1. The molecule has 6 nitrogen and oxygen atoms in total. The molecule has 3 heterocycles. The molecule has 1 aromatic rings. The first kappa shape index (κ1) is 17.0. The van der Waals surface area contributed by atoms with Crippen molar-refractivity contribution in [2.24, 2.45) is 5.92 Å². The van der Waals surface area contributed by atoms with Gasteiger partial charge in [0.25, 0.3) is 11.8 Å². The number of likely N-dealkylation sites (tertiary alicyclic amines) is 1. The van der Waals surface area contributed by atoms with E-state index in [-0.39, 0.29) is 11.8 Å². The summed E-state index contributed by atoms with van der Waals surface area (Å²) in [4.78, 5) is 31.7. The SMILES string of the molecule is CC(C)CCNC(=O)c1nc(C(=O)N2CCCC2)n2c1CCCC2. The summed E-state index contributed by atoms with van der Waals surface area (Å²) in [7, 11) is 0. The van der Waals surface area contributed by atoms with Gasteiger partial charge in [-0.05, 0) is 44.4 Å². The zero-order chi connectivity index (χ0) is 17.1. The van der Waals surface area contributed by atoms with Gasteiger partial charge in [0.1, 0.15) is 5.69 Å². The van der Waals surface area contributed by atoms with Gasteiger partial charge in [0.05, 0.1) is 5.69 Å². The molecule has 1 N–H and O–H groups in total. The average Bonchev–Trinajstić information content (AvgIpc) is 3.22. The molecular formula is C18H28N4O2. The van der Waals surface area contributed by atoms with Crippen LogP contribution in [0.2, 0.25) is 0 Å². The van der Waals surface area contributed by atoms with Gasteiger partial charge in [-0.1, -0.05) is 13.8 Å². The molecule has 1 aromatic heterocycles. The van der Waals surface area contributed by atoms with Crippen molar-refractivity contribution in [3.8, 4) is 0 Å². The number of hydrogen-bond acceptors (Lipinski definition) is 3. The maximum atomic E-state index is 12.8. The van der Waals surface area contributed by atoms with Crippen molar-refractivity contribution in [3.63, 3.8) is 0 Å². The lowest BCUT2D eigenvalue weighted by Crippen LogP contribution is -2.31. The quantitative estimate of drug-likeness (QED) is 0.899. The zero-order valence-corrected chi connectivity index (χ0v) is 14.8. The number of carbonyl (C=O) groups excluding carboxylic acids is 2. The summed E-state index contributed by atoms with van der Waals surface area (Å²) in [5.41, 5.74) is 1.40. The van der Waals surface area contributed by atoms with Gasteiger partial charge in [-0.15, -0.1) is 0 Å². The van der Waals surface area contributed by atoms with Crippen molar-refractivity contribution in [1.29, 1.82) is 0 Å². The summed E-state index contributed by atoms with van der Waals surface area (Å²) in [5, 5.41) is 2.96. The highest BCUT2D eigenvalue weighted by molar-refractivity contribution is 5.97. The molecule has 0 spiro atoms. The molecule has 0 aromatic carbocycles. The van der Waals surface area contributed by atoms with Gasteiger partial charge in [0.15, 0.2) is 5.82 Å². The molecule has 2 aliphatic heterocycles. The minimum atomic E-state index is -0.137. The van der Waals surface area contributed by atoms with Gasteiger partial charge in [-0.2, -0.15) is 0 Å². The van der Waals surface area contributed by atoms with Gasteiger partial charge < -0.3 is 14.8 Å². The minimum Gasteiger partial charge on any atom is -0.351 e. The fraction of sp³-hybridized carbons (Fsp3) is 0.722. The second kappa shape index (κ2) is 7.36. The van der Waals surface area contributed by atoms with E-state index in [2.05, 4.69) is 24.1 Å². The van der Waals surface area contributed by atoms with E-state index >= 15 is 0 Å². The van der Waals surface area contributed by atoms with Gasteiger partial charge in [0.2, 0.25) is 0 Å². The first-order valence-electron chi connectivity index (χ1n) is 9.25. The van der Waals surface area contributed by atoms with E-state index in [0.717, 1.165) is 63.9 Å². The molecule has 0 unspecified atom stereocenters. The number of amides is 2. The summed E-state index contributed by atoms with van der Waals surface area (Å²) in [6.45, 7) is 7.32. The fourth-order valence-electron chi connectivity index (χ4n) is 3.51. The predicted octanol–water partition coefficient (Wildman–Crippen LogP) is 2.23. The van der Waals surface area contributed by atoms with Gasteiger partial charge in [0, 0.05) is 26.2 Å². The molecular weight excluding hydrogens is 304 g/mol. The van der Waals surface area contributed by atoms with Crippen LogP contribution in [0.25, 0.3) is 0 Å². The number of fused-ring (bicyclic) bond motifs is 1. The minimum absolute atomic E-state index is 0.0168. The van der Waals surface area contributed by atoms with Crippen LogP contribution in [-0.4, -0.2) is 45.9 Å². The third-order valence-electron chi connectivity index (χ3n) is 4.92. The number of imidazole rings is 1. The Hall–Kier alpha value is -1.85. The van der Waals surface area contributed by atoms with Crippen LogP contribution in [0, 0.1) is 5.92 Å². The monoisotopic (exact) mass is 332 g/mol. The smallest absolute Gasteiger partial charge is 0.289 e. The molecule has 2 amide bonds. The first-order chi connectivity index (χ1) is 11.6.